The van der Waals surface area contributed by atoms with Crippen molar-refractivity contribution in [2.45, 2.75) is 76.4 Å². The second-order valence-corrected chi connectivity index (χ2v) is 9.99. The molecule has 194 valence electrons. The van der Waals surface area contributed by atoms with Crippen molar-refractivity contribution in [1.29, 1.82) is 0 Å². The van der Waals surface area contributed by atoms with E-state index in [9.17, 15) is 14.0 Å². The van der Waals surface area contributed by atoms with Crippen LogP contribution in [0.5, 0.6) is 0 Å². The molecule has 0 bridgehead atoms. The second kappa shape index (κ2) is 13.2. The van der Waals surface area contributed by atoms with Crippen LogP contribution in [0, 0.1) is 5.82 Å². The largest absolute Gasteiger partial charge is 0.352 e. The van der Waals surface area contributed by atoms with Crippen molar-refractivity contribution in [3.63, 3.8) is 0 Å². The summed E-state index contributed by atoms with van der Waals surface area (Å²) in [6.45, 7) is 2.20. The molecule has 1 aliphatic carbocycles. The van der Waals surface area contributed by atoms with Crippen LogP contribution in [0.2, 0.25) is 0 Å². The summed E-state index contributed by atoms with van der Waals surface area (Å²) in [7, 11) is 0. The Bertz CT molecular complexity index is 1090. The average Bonchev–Trinajstić information content (AvgIpc) is 2.94. The number of rotatable bonds is 10. The van der Waals surface area contributed by atoms with Gasteiger partial charge in [0.2, 0.25) is 11.8 Å². The molecule has 37 heavy (non-hydrogen) atoms. The highest BCUT2D eigenvalue weighted by molar-refractivity contribution is 5.88. The van der Waals surface area contributed by atoms with Gasteiger partial charge in [0.05, 0.1) is 0 Å². The number of carbonyl (C=O) groups is 2. The minimum atomic E-state index is -0.591. The van der Waals surface area contributed by atoms with Crippen LogP contribution in [0.25, 0.3) is 0 Å². The summed E-state index contributed by atoms with van der Waals surface area (Å²) in [5, 5.41) is 3.22. The molecular weight excluding hydrogens is 463 g/mol. The van der Waals surface area contributed by atoms with Crippen molar-refractivity contribution in [3.05, 3.63) is 107 Å². The summed E-state index contributed by atoms with van der Waals surface area (Å²) in [5.41, 5.74) is 2.92. The quantitative estimate of drug-likeness (QED) is 0.341. The summed E-state index contributed by atoms with van der Waals surface area (Å²) in [6.07, 6.45) is 6.16. The van der Waals surface area contributed by atoms with Crippen molar-refractivity contribution >= 4 is 11.8 Å². The molecule has 1 fully saturated rings. The lowest BCUT2D eigenvalue weighted by molar-refractivity contribution is -0.142. The van der Waals surface area contributed by atoms with E-state index in [0.717, 1.165) is 42.4 Å². The normalized spacial score (nSPS) is 14.8. The van der Waals surface area contributed by atoms with E-state index in [1.807, 2.05) is 67.6 Å². The minimum absolute atomic E-state index is 0.0901. The maximum absolute atomic E-state index is 14.0. The lowest BCUT2D eigenvalue weighted by Gasteiger charge is -2.34. The van der Waals surface area contributed by atoms with Crippen LogP contribution >= 0.6 is 0 Å². The predicted molar refractivity (Wildman–Crippen MR) is 145 cm³/mol. The van der Waals surface area contributed by atoms with Gasteiger partial charge in [0.1, 0.15) is 11.9 Å². The van der Waals surface area contributed by atoms with Crippen molar-refractivity contribution < 1.29 is 14.0 Å². The van der Waals surface area contributed by atoms with Crippen molar-refractivity contribution in [2.75, 3.05) is 0 Å². The molecule has 1 saturated carbocycles. The zero-order valence-corrected chi connectivity index (χ0v) is 21.6. The van der Waals surface area contributed by atoms with Gasteiger partial charge in [-0.3, -0.25) is 9.59 Å². The Hall–Kier alpha value is -3.47. The third-order valence-corrected chi connectivity index (χ3v) is 7.39. The summed E-state index contributed by atoms with van der Waals surface area (Å²) in [6, 6.07) is 25.8. The summed E-state index contributed by atoms with van der Waals surface area (Å²) < 4.78 is 13.6. The number of hydrogen-bond acceptors (Lipinski definition) is 2. The topological polar surface area (TPSA) is 49.4 Å². The molecule has 4 nitrogen and oxygen atoms in total. The van der Waals surface area contributed by atoms with Crippen molar-refractivity contribution in [1.82, 2.24) is 10.2 Å². The first-order chi connectivity index (χ1) is 18.0. The number of amides is 2. The fraction of sp³-hybridized carbons (Fsp3) is 0.375. The Kier molecular flexibility index (Phi) is 9.47. The Balaban J connectivity index is 1.61. The molecule has 3 aromatic carbocycles. The van der Waals surface area contributed by atoms with Gasteiger partial charge in [0.25, 0.3) is 0 Å². The first-order valence-corrected chi connectivity index (χ1v) is 13.5. The van der Waals surface area contributed by atoms with Gasteiger partial charge in [-0.05, 0) is 48.1 Å². The van der Waals surface area contributed by atoms with E-state index in [1.165, 1.54) is 18.6 Å². The third-order valence-electron chi connectivity index (χ3n) is 7.39. The van der Waals surface area contributed by atoms with Crippen LogP contribution in [0.3, 0.4) is 0 Å². The van der Waals surface area contributed by atoms with E-state index < -0.39 is 6.04 Å². The molecule has 4 rings (SSSR count). The molecule has 1 aliphatic rings. The van der Waals surface area contributed by atoms with E-state index in [2.05, 4.69) is 5.32 Å². The van der Waals surface area contributed by atoms with Crippen molar-refractivity contribution in [3.8, 4) is 0 Å². The van der Waals surface area contributed by atoms with Crippen LogP contribution < -0.4 is 5.32 Å². The Labute approximate surface area is 219 Å². The lowest BCUT2D eigenvalue weighted by atomic mass is 9.88. The lowest BCUT2D eigenvalue weighted by Crippen LogP contribution is -2.51. The molecule has 0 aromatic heterocycles. The molecule has 0 unspecified atom stereocenters. The molecule has 0 aliphatic heterocycles. The van der Waals surface area contributed by atoms with Crippen LogP contribution in [-0.2, 0) is 16.1 Å². The van der Waals surface area contributed by atoms with Gasteiger partial charge in [-0.15, -0.1) is 0 Å². The fourth-order valence-corrected chi connectivity index (χ4v) is 5.34. The van der Waals surface area contributed by atoms with Gasteiger partial charge in [-0.25, -0.2) is 4.39 Å². The highest BCUT2D eigenvalue weighted by Gasteiger charge is 2.32. The molecule has 1 N–H and O–H groups in total. The molecule has 0 spiro atoms. The summed E-state index contributed by atoms with van der Waals surface area (Å²) >= 11 is 0. The van der Waals surface area contributed by atoms with Gasteiger partial charge >= 0.3 is 0 Å². The number of carbonyl (C=O) groups excluding carboxylic acids is 2. The van der Waals surface area contributed by atoms with Crippen LogP contribution in [0.1, 0.15) is 74.5 Å². The standard InChI is InChI=1S/C32H37FN2O2/c1-2-30(32(37)34-28-16-10-5-11-17-28)35(23-24-18-20-27(33)21-19-24)31(36)22-29(25-12-6-3-7-13-25)26-14-8-4-9-15-26/h3-4,6-9,12-15,18-21,28-30H,2,5,10-11,16-17,22-23H2,1H3,(H,34,37)/t30-/m1/s1. The third kappa shape index (κ3) is 7.28. The monoisotopic (exact) mass is 500 g/mol. The van der Waals surface area contributed by atoms with E-state index in [4.69, 9.17) is 0 Å². The number of benzene rings is 3. The number of nitrogens with zero attached hydrogens (tertiary/aromatic N) is 1. The van der Waals surface area contributed by atoms with Crippen LogP contribution in [0.4, 0.5) is 4.39 Å². The van der Waals surface area contributed by atoms with Crippen LogP contribution in [0.15, 0.2) is 84.9 Å². The molecule has 2 amide bonds. The Morgan fingerprint density at radius 1 is 0.865 bits per heavy atom. The summed E-state index contributed by atoms with van der Waals surface area (Å²) in [4.78, 5) is 29.2. The fourth-order valence-electron chi connectivity index (χ4n) is 5.34. The molecule has 0 heterocycles. The first-order valence-electron chi connectivity index (χ1n) is 13.5. The number of nitrogens with one attached hydrogen (secondary N) is 1. The van der Waals surface area contributed by atoms with E-state index in [-0.39, 0.29) is 42.6 Å². The second-order valence-electron chi connectivity index (χ2n) is 9.99. The van der Waals surface area contributed by atoms with Gasteiger partial charge in [-0.1, -0.05) is 99.0 Å². The van der Waals surface area contributed by atoms with Crippen molar-refractivity contribution in [2.24, 2.45) is 0 Å². The van der Waals surface area contributed by atoms with Gasteiger partial charge in [-0.2, -0.15) is 0 Å². The molecule has 0 saturated heterocycles. The highest BCUT2D eigenvalue weighted by Crippen LogP contribution is 2.30. The van der Waals surface area contributed by atoms with E-state index in [0.29, 0.717) is 6.42 Å². The molecular formula is C32H37FN2O2. The molecule has 1 atom stereocenters. The SMILES string of the molecule is CC[C@H](C(=O)NC1CCCCC1)N(Cc1ccc(F)cc1)C(=O)CC(c1ccccc1)c1ccccc1. The van der Waals surface area contributed by atoms with Gasteiger partial charge < -0.3 is 10.2 Å². The predicted octanol–water partition coefficient (Wildman–Crippen LogP) is 6.60. The Morgan fingerprint density at radius 2 is 1.43 bits per heavy atom. The number of halogens is 1. The Morgan fingerprint density at radius 3 is 1.97 bits per heavy atom. The summed E-state index contributed by atoms with van der Waals surface area (Å²) in [5.74, 6) is -0.644. The first kappa shape index (κ1) is 26.6. The highest BCUT2D eigenvalue weighted by atomic mass is 19.1. The molecule has 5 heteroatoms. The average molecular weight is 501 g/mol. The number of hydrogen-bond donors (Lipinski definition) is 1. The van der Waals surface area contributed by atoms with E-state index in [1.54, 1.807) is 17.0 Å². The van der Waals surface area contributed by atoms with Gasteiger partial charge in [0.15, 0.2) is 0 Å². The smallest absolute Gasteiger partial charge is 0.243 e. The maximum Gasteiger partial charge on any atom is 0.243 e. The maximum atomic E-state index is 14.0. The van der Waals surface area contributed by atoms with Crippen LogP contribution in [-0.4, -0.2) is 28.8 Å². The zero-order valence-electron chi connectivity index (χ0n) is 21.6. The molecule has 0 radical (unpaired) electrons. The molecule has 3 aromatic rings. The zero-order chi connectivity index (χ0) is 26.0. The van der Waals surface area contributed by atoms with E-state index >= 15 is 0 Å². The van der Waals surface area contributed by atoms with Gasteiger partial charge in [0, 0.05) is 24.9 Å². The minimum Gasteiger partial charge on any atom is -0.352 e.